The number of amides is 1. The van der Waals surface area contributed by atoms with E-state index in [-0.39, 0.29) is 11.7 Å². The molecule has 0 saturated heterocycles. The Kier molecular flexibility index (Phi) is 5.61. The lowest BCUT2D eigenvalue weighted by Crippen LogP contribution is -2.11. The molecule has 0 atom stereocenters. The minimum atomic E-state index is -0.272. The first-order valence-electron chi connectivity index (χ1n) is 6.95. The fourth-order valence-corrected chi connectivity index (χ4v) is 4.44. The van der Waals surface area contributed by atoms with Crippen LogP contribution in [0, 0.1) is 5.82 Å². The number of carbonyl (C=O) groups excluding carboxylic acids is 1. The van der Waals surface area contributed by atoms with Gasteiger partial charge in [0.2, 0.25) is 5.91 Å². The molecule has 0 fully saturated rings. The van der Waals surface area contributed by atoms with Crippen molar-refractivity contribution in [2.75, 3.05) is 11.1 Å². The molecule has 8 heteroatoms. The average Bonchev–Trinajstić information content (AvgIpc) is 2.92. The summed E-state index contributed by atoms with van der Waals surface area (Å²) in [4.78, 5) is 17.2. The molecule has 1 amide bonds. The first-order chi connectivity index (χ1) is 11.5. The third-order valence-corrected chi connectivity index (χ3v) is 5.51. The molecule has 0 aliphatic heterocycles. The van der Waals surface area contributed by atoms with Crippen LogP contribution in [0.25, 0.3) is 10.2 Å². The van der Waals surface area contributed by atoms with Crippen LogP contribution in [0.4, 0.5) is 9.52 Å². The molecular formula is C16H11Cl2FN2OS2. The van der Waals surface area contributed by atoms with Gasteiger partial charge >= 0.3 is 0 Å². The zero-order valence-electron chi connectivity index (χ0n) is 12.2. The summed E-state index contributed by atoms with van der Waals surface area (Å²) in [6.07, 6.45) is 0.326. The van der Waals surface area contributed by atoms with Gasteiger partial charge in [-0.05, 0) is 36.4 Å². The number of halogens is 3. The lowest BCUT2D eigenvalue weighted by atomic mass is 10.3. The quantitative estimate of drug-likeness (QED) is 0.545. The molecular weight excluding hydrogens is 390 g/mol. The van der Waals surface area contributed by atoms with E-state index in [9.17, 15) is 9.18 Å². The summed E-state index contributed by atoms with van der Waals surface area (Å²) in [6.45, 7) is 0. The molecule has 3 nitrogen and oxygen atoms in total. The molecule has 0 saturated carbocycles. The second-order valence-electron chi connectivity index (χ2n) is 4.85. The third-order valence-electron chi connectivity index (χ3n) is 3.07. The van der Waals surface area contributed by atoms with E-state index < -0.39 is 0 Å². The standard InChI is InChI=1S/C16H11Cl2FN2OS2/c17-9-7-12(18)15-13(8-9)24-16(21-15)20-14(22)5-6-23-11-3-1-10(19)2-4-11/h1-4,7-8H,5-6H2,(H,20,21,22). The number of aromatic nitrogens is 1. The van der Waals surface area contributed by atoms with Crippen LogP contribution in [0.5, 0.6) is 0 Å². The molecule has 0 aliphatic rings. The molecule has 124 valence electrons. The summed E-state index contributed by atoms with van der Waals surface area (Å²) >= 11 is 14.9. The number of rotatable bonds is 5. The first kappa shape index (κ1) is 17.5. The second kappa shape index (κ2) is 7.70. The molecule has 1 N–H and O–H groups in total. The summed E-state index contributed by atoms with van der Waals surface area (Å²) in [5.74, 6) is 0.187. The lowest BCUT2D eigenvalue weighted by Gasteiger charge is -2.02. The maximum Gasteiger partial charge on any atom is 0.226 e. The zero-order chi connectivity index (χ0) is 17.1. The molecule has 0 unspecified atom stereocenters. The van der Waals surface area contributed by atoms with Gasteiger partial charge < -0.3 is 5.32 Å². The fraction of sp³-hybridized carbons (Fsp3) is 0.125. The smallest absolute Gasteiger partial charge is 0.226 e. The Balaban J connectivity index is 1.57. The van der Waals surface area contributed by atoms with E-state index in [2.05, 4.69) is 10.3 Å². The normalized spacial score (nSPS) is 11.0. The summed E-state index contributed by atoms with van der Waals surface area (Å²) in [7, 11) is 0. The van der Waals surface area contributed by atoms with Crippen LogP contribution < -0.4 is 5.32 Å². The van der Waals surface area contributed by atoms with Crippen LogP contribution in [0.3, 0.4) is 0 Å². The van der Waals surface area contributed by atoms with Gasteiger partial charge in [0.1, 0.15) is 11.3 Å². The highest BCUT2D eigenvalue weighted by atomic mass is 35.5. The van der Waals surface area contributed by atoms with Crippen molar-refractivity contribution in [2.24, 2.45) is 0 Å². The van der Waals surface area contributed by atoms with Crippen LogP contribution in [0.1, 0.15) is 6.42 Å². The molecule has 1 aromatic heterocycles. The van der Waals surface area contributed by atoms with E-state index in [1.807, 2.05) is 0 Å². The number of benzene rings is 2. The Morgan fingerprint density at radius 2 is 2.00 bits per heavy atom. The number of anilines is 1. The van der Waals surface area contributed by atoms with Gasteiger partial charge in [0.25, 0.3) is 0 Å². The average molecular weight is 401 g/mol. The van der Waals surface area contributed by atoms with Gasteiger partial charge in [-0.2, -0.15) is 0 Å². The van der Waals surface area contributed by atoms with Gasteiger partial charge in [-0.25, -0.2) is 9.37 Å². The highest BCUT2D eigenvalue weighted by Gasteiger charge is 2.11. The fourth-order valence-electron chi connectivity index (χ4n) is 1.98. The van der Waals surface area contributed by atoms with Crippen LogP contribution in [0.15, 0.2) is 41.3 Å². The van der Waals surface area contributed by atoms with Crippen molar-refractivity contribution in [3.63, 3.8) is 0 Å². The minimum Gasteiger partial charge on any atom is -0.302 e. The first-order valence-corrected chi connectivity index (χ1v) is 9.51. The van der Waals surface area contributed by atoms with Gasteiger partial charge in [0, 0.05) is 22.1 Å². The number of thioether (sulfide) groups is 1. The van der Waals surface area contributed by atoms with E-state index >= 15 is 0 Å². The maximum absolute atomic E-state index is 12.8. The number of hydrogen-bond acceptors (Lipinski definition) is 4. The highest BCUT2D eigenvalue weighted by Crippen LogP contribution is 2.33. The van der Waals surface area contributed by atoms with E-state index in [1.165, 1.54) is 35.2 Å². The maximum atomic E-state index is 12.8. The van der Waals surface area contributed by atoms with Crippen molar-refractivity contribution in [1.29, 1.82) is 0 Å². The van der Waals surface area contributed by atoms with E-state index in [0.29, 0.717) is 32.9 Å². The number of thiazole rings is 1. The SMILES string of the molecule is O=C(CCSc1ccc(F)cc1)Nc1nc2c(Cl)cc(Cl)cc2s1. The number of nitrogens with zero attached hydrogens (tertiary/aromatic N) is 1. The molecule has 2 aromatic carbocycles. The molecule has 0 aliphatic carbocycles. The third kappa shape index (κ3) is 4.39. The number of carbonyl (C=O) groups is 1. The molecule has 0 radical (unpaired) electrons. The van der Waals surface area contributed by atoms with E-state index in [4.69, 9.17) is 23.2 Å². The summed E-state index contributed by atoms with van der Waals surface area (Å²) in [5.41, 5.74) is 0.627. The summed E-state index contributed by atoms with van der Waals surface area (Å²) in [6, 6.07) is 9.57. The molecule has 3 aromatic rings. The predicted octanol–water partition coefficient (Wildman–Crippen LogP) is 5.86. The van der Waals surface area contributed by atoms with Gasteiger partial charge in [-0.3, -0.25) is 4.79 Å². The Hall–Kier alpha value is -1.34. The van der Waals surface area contributed by atoms with Crippen LogP contribution in [-0.2, 0) is 4.79 Å². The van der Waals surface area contributed by atoms with Crippen molar-refractivity contribution in [3.05, 3.63) is 52.3 Å². The predicted molar refractivity (Wildman–Crippen MR) is 100 cm³/mol. The van der Waals surface area contributed by atoms with Crippen molar-refractivity contribution in [3.8, 4) is 0 Å². The van der Waals surface area contributed by atoms with Gasteiger partial charge in [0.15, 0.2) is 5.13 Å². The van der Waals surface area contributed by atoms with Gasteiger partial charge in [-0.1, -0.05) is 34.5 Å². The molecule has 3 rings (SSSR count). The van der Waals surface area contributed by atoms with E-state index in [1.54, 1.807) is 24.3 Å². The monoisotopic (exact) mass is 400 g/mol. The number of fused-ring (bicyclic) bond motifs is 1. The van der Waals surface area contributed by atoms with E-state index in [0.717, 1.165) is 9.60 Å². The largest absolute Gasteiger partial charge is 0.302 e. The number of hydrogen-bond donors (Lipinski definition) is 1. The van der Waals surface area contributed by atoms with Crippen LogP contribution in [-0.4, -0.2) is 16.6 Å². The highest BCUT2D eigenvalue weighted by molar-refractivity contribution is 7.99. The van der Waals surface area contributed by atoms with Crippen molar-refractivity contribution < 1.29 is 9.18 Å². The molecule has 24 heavy (non-hydrogen) atoms. The summed E-state index contributed by atoms with van der Waals surface area (Å²) in [5, 5.41) is 4.25. The Morgan fingerprint density at radius 3 is 2.75 bits per heavy atom. The Labute approximate surface area is 156 Å². The van der Waals surface area contributed by atoms with Crippen molar-refractivity contribution >= 4 is 67.6 Å². The zero-order valence-corrected chi connectivity index (χ0v) is 15.3. The van der Waals surface area contributed by atoms with Gasteiger partial charge in [-0.15, -0.1) is 11.8 Å². The van der Waals surface area contributed by atoms with Crippen LogP contribution in [0.2, 0.25) is 10.0 Å². The van der Waals surface area contributed by atoms with Crippen LogP contribution >= 0.6 is 46.3 Å². The van der Waals surface area contributed by atoms with Crippen molar-refractivity contribution in [1.82, 2.24) is 4.98 Å². The molecule has 0 spiro atoms. The Bertz CT molecular complexity index is 884. The second-order valence-corrected chi connectivity index (χ2v) is 7.90. The summed E-state index contributed by atoms with van der Waals surface area (Å²) < 4.78 is 13.6. The molecule has 1 heterocycles. The topological polar surface area (TPSA) is 42.0 Å². The Morgan fingerprint density at radius 1 is 1.25 bits per heavy atom. The molecule has 0 bridgehead atoms. The minimum absolute atomic E-state index is 0.133. The van der Waals surface area contributed by atoms with Crippen molar-refractivity contribution in [2.45, 2.75) is 11.3 Å². The van der Waals surface area contributed by atoms with Gasteiger partial charge in [0.05, 0.1) is 9.72 Å². The lowest BCUT2D eigenvalue weighted by molar-refractivity contribution is -0.115. The number of nitrogens with one attached hydrogen (secondary N) is 1.